The second-order valence-electron chi connectivity index (χ2n) is 9.03. The molecule has 9 atom stereocenters. The monoisotopic (exact) mass is 410 g/mol. The van der Waals surface area contributed by atoms with Crippen molar-refractivity contribution in [2.75, 3.05) is 6.61 Å². The van der Waals surface area contributed by atoms with Gasteiger partial charge >= 0.3 is 5.97 Å². The molecule has 0 aromatic carbocycles. The summed E-state index contributed by atoms with van der Waals surface area (Å²) in [5.74, 6) is -0.175. The van der Waals surface area contributed by atoms with Gasteiger partial charge in [0.25, 0.3) is 0 Å². The van der Waals surface area contributed by atoms with Gasteiger partial charge in [0.2, 0.25) is 0 Å². The maximum absolute atomic E-state index is 12.0. The Kier molecular flexibility index (Phi) is 5.38. The fourth-order valence-electron chi connectivity index (χ4n) is 5.46. The molecule has 0 spiro atoms. The molecule has 0 radical (unpaired) electrons. The lowest BCUT2D eigenvalue weighted by molar-refractivity contribution is -0.323. The van der Waals surface area contributed by atoms with Crippen molar-refractivity contribution in [3.8, 4) is 0 Å². The first-order valence-electron chi connectivity index (χ1n) is 10.2. The molecule has 4 aliphatic rings. The van der Waals surface area contributed by atoms with Gasteiger partial charge in [-0.05, 0) is 44.1 Å². The molecule has 0 amide bonds. The molecule has 1 saturated heterocycles. The van der Waals surface area contributed by atoms with Crippen LogP contribution in [0.5, 0.6) is 0 Å². The van der Waals surface area contributed by atoms with Gasteiger partial charge in [-0.3, -0.25) is 0 Å². The number of ether oxygens (including phenoxy) is 3. The van der Waals surface area contributed by atoms with E-state index in [4.69, 9.17) is 14.2 Å². The van der Waals surface area contributed by atoms with Crippen molar-refractivity contribution in [2.45, 2.75) is 82.4 Å². The Morgan fingerprint density at radius 1 is 1.24 bits per heavy atom. The minimum Gasteiger partial charge on any atom is -0.454 e. The fraction of sp³-hybridized carbons (Fsp3) is 0.762. The van der Waals surface area contributed by atoms with E-state index in [2.05, 4.69) is 13.5 Å². The quantitative estimate of drug-likeness (QED) is 0.384. The molecule has 4 N–H and O–H groups in total. The maximum atomic E-state index is 12.0. The summed E-state index contributed by atoms with van der Waals surface area (Å²) in [4.78, 5) is 12.0. The van der Waals surface area contributed by atoms with Crippen LogP contribution >= 0.6 is 0 Å². The summed E-state index contributed by atoms with van der Waals surface area (Å²) in [5.41, 5.74) is 2.43. The molecule has 8 heteroatoms. The van der Waals surface area contributed by atoms with Crippen LogP contribution in [0, 0.1) is 11.3 Å². The molecule has 4 rings (SSSR count). The van der Waals surface area contributed by atoms with Crippen molar-refractivity contribution in [1.29, 1.82) is 0 Å². The second kappa shape index (κ2) is 7.44. The SMILES string of the molecule is C=C1CC[C@H](O[C@@H]2O[C@H](CO)[C@@H](O)[C@H](O)[C@H]2O)[C@]2(C)C[C@@H]3OC(=O)C(C)=C3C[C@@H]12. The van der Waals surface area contributed by atoms with Crippen LogP contribution in [-0.4, -0.2) is 75.9 Å². The van der Waals surface area contributed by atoms with Crippen molar-refractivity contribution in [1.82, 2.24) is 0 Å². The van der Waals surface area contributed by atoms with E-state index in [9.17, 15) is 25.2 Å². The summed E-state index contributed by atoms with van der Waals surface area (Å²) in [6.45, 7) is 7.63. The number of aliphatic hydroxyl groups is 4. The number of hydrogen-bond donors (Lipinski definition) is 4. The molecule has 2 aliphatic carbocycles. The molecule has 2 saturated carbocycles. The van der Waals surface area contributed by atoms with Crippen molar-refractivity contribution >= 4 is 5.97 Å². The molecule has 2 aliphatic heterocycles. The number of carbonyl (C=O) groups is 1. The third-order valence-corrected chi connectivity index (χ3v) is 7.37. The third kappa shape index (κ3) is 3.26. The standard InChI is InChI=1S/C21H30O8/c1-9-4-5-15(29-20-18(25)17(24)16(23)14(8-22)28-20)21(3)7-13-11(6-12(9)21)10(2)19(26)27-13/h12-18,20,22-25H,1,4-8H2,2-3H3/t12-,13-,14+,15-,16+,17-,18+,20-,21+/m0/s1. The van der Waals surface area contributed by atoms with Gasteiger partial charge in [-0.1, -0.05) is 19.1 Å². The van der Waals surface area contributed by atoms with Crippen molar-refractivity contribution in [3.05, 3.63) is 23.3 Å². The predicted molar refractivity (Wildman–Crippen MR) is 100 cm³/mol. The largest absolute Gasteiger partial charge is 0.454 e. The molecule has 0 unspecified atom stereocenters. The summed E-state index contributed by atoms with van der Waals surface area (Å²) in [6, 6.07) is 0. The van der Waals surface area contributed by atoms with Crippen LogP contribution in [0.2, 0.25) is 0 Å². The van der Waals surface area contributed by atoms with E-state index in [0.717, 1.165) is 17.6 Å². The van der Waals surface area contributed by atoms with Crippen LogP contribution in [0.25, 0.3) is 0 Å². The van der Waals surface area contributed by atoms with Crippen LogP contribution in [0.1, 0.15) is 39.5 Å². The first kappa shape index (κ1) is 21.0. The number of allylic oxidation sites excluding steroid dienone is 1. The molecular weight excluding hydrogens is 380 g/mol. The number of fused-ring (bicyclic) bond motifs is 2. The van der Waals surface area contributed by atoms with Crippen molar-refractivity contribution in [3.63, 3.8) is 0 Å². The number of aliphatic hydroxyl groups excluding tert-OH is 4. The Labute approximate surface area is 169 Å². The molecular formula is C21H30O8. The minimum atomic E-state index is -1.48. The summed E-state index contributed by atoms with van der Waals surface area (Å²) in [6.07, 6.45) is -4.48. The average molecular weight is 410 g/mol. The Morgan fingerprint density at radius 2 is 1.97 bits per heavy atom. The zero-order valence-corrected chi connectivity index (χ0v) is 16.8. The summed E-state index contributed by atoms with van der Waals surface area (Å²) in [7, 11) is 0. The topological polar surface area (TPSA) is 126 Å². The first-order chi connectivity index (χ1) is 13.7. The van der Waals surface area contributed by atoms with Gasteiger partial charge in [0.1, 0.15) is 30.5 Å². The lowest BCUT2D eigenvalue weighted by Gasteiger charge is -2.53. The molecule has 8 nitrogen and oxygen atoms in total. The number of rotatable bonds is 3. The zero-order valence-electron chi connectivity index (χ0n) is 16.8. The Bertz CT molecular complexity index is 730. The van der Waals surface area contributed by atoms with Gasteiger partial charge in [-0.2, -0.15) is 0 Å². The van der Waals surface area contributed by atoms with Crippen LogP contribution in [0.15, 0.2) is 23.3 Å². The van der Waals surface area contributed by atoms with Gasteiger partial charge in [0.15, 0.2) is 6.29 Å². The van der Waals surface area contributed by atoms with Crippen molar-refractivity contribution in [2.24, 2.45) is 11.3 Å². The van der Waals surface area contributed by atoms with Crippen LogP contribution in [0.3, 0.4) is 0 Å². The number of esters is 1. The normalized spacial score (nSPS) is 47.7. The number of hydrogen-bond acceptors (Lipinski definition) is 8. The lowest BCUT2D eigenvalue weighted by Crippen LogP contribution is -2.61. The second-order valence-corrected chi connectivity index (χ2v) is 9.03. The highest BCUT2D eigenvalue weighted by Gasteiger charge is 2.55. The number of carbonyl (C=O) groups excluding carboxylic acids is 1. The maximum Gasteiger partial charge on any atom is 0.334 e. The zero-order chi connectivity index (χ0) is 21.1. The minimum absolute atomic E-state index is 0.0989. The predicted octanol–water partition coefficient (Wildman–Crippen LogP) is 0.180. The summed E-state index contributed by atoms with van der Waals surface area (Å²) < 4.78 is 17.3. The van der Waals surface area contributed by atoms with Crippen LogP contribution in [-0.2, 0) is 19.0 Å². The van der Waals surface area contributed by atoms with Gasteiger partial charge in [0, 0.05) is 11.0 Å². The van der Waals surface area contributed by atoms with E-state index in [1.807, 2.05) is 0 Å². The van der Waals surface area contributed by atoms with Gasteiger partial charge in [-0.15, -0.1) is 0 Å². The fourth-order valence-corrected chi connectivity index (χ4v) is 5.46. The first-order valence-corrected chi connectivity index (χ1v) is 10.2. The summed E-state index contributed by atoms with van der Waals surface area (Å²) in [5, 5.41) is 39.8. The van der Waals surface area contributed by atoms with E-state index in [1.54, 1.807) is 6.92 Å². The lowest BCUT2D eigenvalue weighted by atomic mass is 9.56. The third-order valence-electron chi connectivity index (χ3n) is 7.37. The van der Waals surface area contributed by atoms with Crippen LogP contribution in [0.4, 0.5) is 0 Å². The Hall–Kier alpha value is -1.29. The summed E-state index contributed by atoms with van der Waals surface area (Å²) >= 11 is 0. The highest BCUT2D eigenvalue weighted by atomic mass is 16.7. The van der Waals surface area contributed by atoms with E-state index >= 15 is 0 Å². The van der Waals surface area contributed by atoms with Crippen LogP contribution < -0.4 is 0 Å². The molecule has 162 valence electrons. The van der Waals surface area contributed by atoms with Gasteiger partial charge in [-0.25, -0.2) is 4.79 Å². The van der Waals surface area contributed by atoms with Gasteiger partial charge < -0.3 is 34.6 Å². The Morgan fingerprint density at radius 3 is 2.66 bits per heavy atom. The highest BCUT2D eigenvalue weighted by molar-refractivity contribution is 5.91. The molecule has 0 bridgehead atoms. The van der Waals surface area contributed by atoms with E-state index in [-0.39, 0.29) is 24.1 Å². The molecule has 3 fully saturated rings. The van der Waals surface area contributed by atoms with E-state index < -0.39 is 42.7 Å². The van der Waals surface area contributed by atoms with E-state index in [1.165, 1.54) is 0 Å². The average Bonchev–Trinajstić information content (AvgIpc) is 2.95. The van der Waals surface area contributed by atoms with Crippen molar-refractivity contribution < 1.29 is 39.4 Å². The van der Waals surface area contributed by atoms with E-state index in [0.29, 0.717) is 24.8 Å². The Balaban J connectivity index is 1.57. The molecule has 0 aromatic heterocycles. The molecule has 29 heavy (non-hydrogen) atoms. The smallest absolute Gasteiger partial charge is 0.334 e. The molecule has 2 heterocycles. The molecule has 0 aromatic rings. The van der Waals surface area contributed by atoms with Gasteiger partial charge in [0.05, 0.1) is 12.7 Å². The highest BCUT2D eigenvalue weighted by Crippen LogP contribution is 2.56.